The maximum absolute atomic E-state index is 12.1. The minimum Gasteiger partial charge on any atom is -0.337 e. The number of ketones is 1. The third kappa shape index (κ3) is 2.45. The zero-order valence-corrected chi connectivity index (χ0v) is 9.20. The molecule has 0 amide bonds. The van der Waals surface area contributed by atoms with Crippen LogP contribution in [0.2, 0.25) is 0 Å². The highest BCUT2D eigenvalue weighted by atomic mass is 16.1. The normalized spacial score (nSPS) is 26.2. The molecule has 0 aromatic heterocycles. The summed E-state index contributed by atoms with van der Waals surface area (Å²) in [5.74, 6) is 0.596. The van der Waals surface area contributed by atoms with Gasteiger partial charge < -0.3 is 4.90 Å². The molecule has 2 heteroatoms. The van der Waals surface area contributed by atoms with Crippen LogP contribution in [0.4, 0.5) is 0 Å². The van der Waals surface area contributed by atoms with Crippen molar-refractivity contribution in [2.24, 2.45) is 5.92 Å². The van der Waals surface area contributed by atoms with Gasteiger partial charge in [-0.25, -0.2) is 0 Å². The number of likely N-dealkylation sites (tertiary alicyclic amines) is 1. The van der Waals surface area contributed by atoms with Gasteiger partial charge in [-0.1, -0.05) is 30.3 Å². The van der Waals surface area contributed by atoms with Crippen LogP contribution < -0.4 is 4.90 Å². The number of hydrogen-bond donors (Lipinski definition) is 1. The number of carbonyl (C=O) groups excluding carboxylic acids is 1. The van der Waals surface area contributed by atoms with E-state index in [0.29, 0.717) is 5.78 Å². The lowest BCUT2D eigenvalue weighted by Crippen LogP contribution is -3.10. The van der Waals surface area contributed by atoms with Crippen LogP contribution in [-0.4, -0.2) is 25.9 Å². The highest BCUT2D eigenvalue weighted by Gasteiger charge is 2.25. The number of hydrogen-bond acceptors (Lipinski definition) is 1. The molecule has 0 atom stereocenters. The number of benzene rings is 1. The van der Waals surface area contributed by atoms with Crippen molar-refractivity contribution < 1.29 is 9.69 Å². The average Bonchev–Trinajstić information content (AvgIpc) is 2.30. The molecule has 2 nitrogen and oxygen atoms in total. The molecule has 1 aromatic carbocycles. The predicted octanol–water partition coefficient (Wildman–Crippen LogP) is 0.794. The number of Topliss-reactive ketones (excluding diaryl/α,β-unsaturated/α-hetero) is 1. The molecule has 0 bridgehead atoms. The van der Waals surface area contributed by atoms with Crippen molar-refractivity contribution in [3.8, 4) is 0 Å². The Hall–Kier alpha value is -1.15. The summed E-state index contributed by atoms with van der Waals surface area (Å²) >= 11 is 0. The smallest absolute Gasteiger partial charge is 0.166 e. The molecule has 1 aromatic rings. The molecule has 80 valence electrons. The fourth-order valence-electron chi connectivity index (χ4n) is 2.21. The van der Waals surface area contributed by atoms with E-state index in [0.717, 1.165) is 31.5 Å². The molecule has 0 radical (unpaired) electrons. The summed E-state index contributed by atoms with van der Waals surface area (Å²) in [7, 11) is 2.20. The summed E-state index contributed by atoms with van der Waals surface area (Å²) in [4.78, 5) is 13.6. The topological polar surface area (TPSA) is 21.5 Å². The summed E-state index contributed by atoms with van der Waals surface area (Å²) in [5.41, 5.74) is 0.877. The van der Waals surface area contributed by atoms with Gasteiger partial charge in [0.1, 0.15) is 0 Å². The third-order valence-electron chi connectivity index (χ3n) is 3.27. The van der Waals surface area contributed by atoms with Gasteiger partial charge in [0.25, 0.3) is 0 Å². The van der Waals surface area contributed by atoms with Crippen LogP contribution in [0.1, 0.15) is 23.2 Å². The molecule has 0 saturated carbocycles. The molecule has 1 aliphatic heterocycles. The van der Waals surface area contributed by atoms with Gasteiger partial charge in [-0.15, -0.1) is 0 Å². The van der Waals surface area contributed by atoms with E-state index in [-0.39, 0.29) is 5.92 Å². The van der Waals surface area contributed by atoms with Gasteiger partial charge in [-0.05, 0) is 0 Å². The average molecular weight is 204 g/mol. The van der Waals surface area contributed by atoms with Crippen molar-refractivity contribution in [1.82, 2.24) is 0 Å². The Kier molecular flexibility index (Phi) is 3.17. The summed E-state index contributed by atoms with van der Waals surface area (Å²) in [6.45, 7) is 2.26. The van der Waals surface area contributed by atoms with Crippen LogP contribution in [0, 0.1) is 5.92 Å². The molecule has 15 heavy (non-hydrogen) atoms. The van der Waals surface area contributed by atoms with Crippen molar-refractivity contribution in [2.45, 2.75) is 12.8 Å². The van der Waals surface area contributed by atoms with E-state index in [4.69, 9.17) is 0 Å². The summed E-state index contributed by atoms with van der Waals surface area (Å²) in [6, 6.07) is 9.68. The lowest BCUT2D eigenvalue weighted by Gasteiger charge is -2.25. The molecule has 1 aliphatic rings. The second kappa shape index (κ2) is 4.58. The minimum atomic E-state index is 0.260. The Balaban J connectivity index is 2.03. The van der Waals surface area contributed by atoms with E-state index < -0.39 is 0 Å². The lowest BCUT2D eigenvalue weighted by atomic mass is 9.89. The summed E-state index contributed by atoms with van der Waals surface area (Å²) in [6.07, 6.45) is 2.08. The molecule has 1 fully saturated rings. The second-order valence-corrected chi connectivity index (χ2v) is 4.46. The van der Waals surface area contributed by atoms with Crippen molar-refractivity contribution in [3.05, 3.63) is 35.9 Å². The molecule has 0 aliphatic carbocycles. The van der Waals surface area contributed by atoms with Gasteiger partial charge in [-0.3, -0.25) is 4.79 Å². The quantitative estimate of drug-likeness (QED) is 0.707. The van der Waals surface area contributed by atoms with Gasteiger partial charge in [-0.2, -0.15) is 0 Å². The highest BCUT2D eigenvalue weighted by molar-refractivity contribution is 5.97. The molecule has 1 heterocycles. The van der Waals surface area contributed by atoms with Crippen LogP contribution in [0.15, 0.2) is 30.3 Å². The Bertz CT molecular complexity index is 326. The maximum Gasteiger partial charge on any atom is 0.166 e. The first-order chi connectivity index (χ1) is 7.27. The molecule has 1 saturated heterocycles. The third-order valence-corrected chi connectivity index (χ3v) is 3.27. The standard InChI is InChI=1S/C13H17NO/c1-14-9-7-12(8-10-14)13(15)11-5-3-2-4-6-11/h2-6,12H,7-10H2,1H3/p+1. The number of carbonyl (C=O) groups is 1. The van der Waals surface area contributed by atoms with E-state index in [1.54, 1.807) is 4.90 Å². The number of piperidine rings is 1. The van der Waals surface area contributed by atoms with Crippen LogP contribution in [0.3, 0.4) is 0 Å². The van der Waals surface area contributed by atoms with Crippen LogP contribution in [-0.2, 0) is 0 Å². The highest BCUT2D eigenvalue weighted by Crippen LogP contribution is 2.16. The van der Waals surface area contributed by atoms with E-state index in [9.17, 15) is 4.79 Å². The number of quaternary nitrogens is 1. The SMILES string of the molecule is C[NH+]1CCC(C(=O)c2ccccc2)CC1. The second-order valence-electron chi connectivity index (χ2n) is 4.46. The molecular weight excluding hydrogens is 186 g/mol. The maximum atomic E-state index is 12.1. The van der Waals surface area contributed by atoms with E-state index in [1.807, 2.05) is 30.3 Å². The monoisotopic (exact) mass is 204 g/mol. The van der Waals surface area contributed by atoms with Crippen molar-refractivity contribution in [3.63, 3.8) is 0 Å². The van der Waals surface area contributed by atoms with Gasteiger partial charge in [0, 0.05) is 24.3 Å². The Labute approximate surface area is 90.9 Å². The van der Waals surface area contributed by atoms with Crippen LogP contribution in [0.25, 0.3) is 0 Å². The van der Waals surface area contributed by atoms with Crippen LogP contribution in [0.5, 0.6) is 0 Å². The Morgan fingerprint density at radius 2 is 1.80 bits per heavy atom. The zero-order valence-electron chi connectivity index (χ0n) is 9.20. The van der Waals surface area contributed by atoms with Gasteiger partial charge >= 0.3 is 0 Å². The Morgan fingerprint density at radius 1 is 1.20 bits per heavy atom. The van der Waals surface area contributed by atoms with Gasteiger partial charge in [0.15, 0.2) is 5.78 Å². The molecule has 0 unspecified atom stereocenters. The molecule has 2 rings (SSSR count). The van der Waals surface area contributed by atoms with E-state index in [2.05, 4.69) is 7.05 Å². The minimum absolute atomic E-state index is 0.260. The predicted molar refractivity (Wildman–Crippen MR) is 60.1 cm³/mol. The number of nitrogens with one attached hydrogen (secondary N) is 1. The largest absolute Gasteiger partial charge is 0.337 e. The van der Waals surface area contributed by atoms with Crippen LogP contribution >= 0.6 is 0 Å². The summed E-state index contributed by atoms with van der Waals surface area (Å²) in [5, 5.41) is 0. The fraction of sp³-hybridized carbons (Fsp3) is 0.462. The van der Waals surface area contributed by atoms with E-state index >= 15 is 0 Å². The van der Waals surface area contributed by atoms with Crippen molar-refractivity contribution >= 4 is 5.78 Å². The molecule has 1 N–H and O–H groups in total. The van der Waals surface area contributed by atoms with E-state index in [1.165, 1.54) is 0 Å². The lowest BCUT2D eigenvalue weighted by molar-refractivity contribution is -0.885. The van der Waals surface area contributed by atoms with Gasteiger partial charge in [0.2, 0.25) is 0 Å². The first kappa shape index (κ1) is 10.4. The van der Waals surface area contributed by atoms with Crippen molar-refractivity contribution in [2.75, 3.05) is 20.1 Å². The fourth-order valence-corrected chi connectivity index (χ4v) is 2.21. The summed E-state index contributed by atoms with van der Waals surface area (Å²) < 4.78 is 0. The molecule has 0 spiro atoms. The first-order valence-corrected chi connectivity index (χ1v) is 5.68. The van der Waals surface area contributed by atoms with Crippen molar-refractivity contribution in [1.29, 1.82) is 0 Å². The first-order valence-electron chi connectivity index (χ1n) is 5.68. The Morgan fingerprint density at radius 3 is 2.40 bits per heavy atom. The zero-order chi connectivity index (χ0) is 10.7. The number of rotatable bonds is 2. The van der Waals surface area contributed by atoms with Gasteiger partial charge in [0.05, 0.1) is 20.1 Å². The molecular formula is C13H18NO+.